The molecule has 3 aromatic rings. The summed E-state index contributed by atoms with van der Waals surface area (Å²) in [5.74, 6) is -0.342. The van der Waals surface area contributed by atoms with Crippen molar-refractivity contribution in [3.63, 3.8) is 0 Å². The highest BCUT2D eigenvalue weighted by Gasteiger charge is 2.31. The van der Waals surface area contributed by atoms with Gasteiger partial charge in [-0.05, 0) is 24.3 Å². The molecule has 2 aliphatic rings. The molecule has 35 heavy (non-hydrogen) atoms. The number of anilines is 4. The maximum Gasteiger partial charge on any atom is 0.265 e. The monoisotopic (exact) mass is 495 g/mol. The van der Waals surface area contributed by atoms with Crippen molar-refractivity contribution in [1.82, 2.24) is 4.58 Å². The van der Waals surface area contributed by atoms with Gasteiger partial charge < -0.3 is 20.0 Å². The zero-order valence-electron chi connectivity index (χ0n) is 19.1. The van der Waals surface area contributed by atoms with Crippen LogP contribution in [0, 0.1) is 0 Å². The first-order valence-electron chi connectivity index (χ1n) is 11.5. The van der Waals surface area contributed by atoms with E-state index >= 15 is 0 Å². The zero-order chi connectivity index (χ0) is 24.6. The number of β-amino-alcohol motifs (C(OH)–C–C–N with tert-alkyl or cyclic N) is 2. The number of aliphatic hydroxyl groups is 2. The minimum absolute atomic E-state index is 0.0393. The topological polar surface area (TPSA) is 117 Å². The molecule has 3 N–H and O–H groups in total. The van der Waals surface area contributed by atoms with E-state index in [-0.39, 0.29) is 25.4 Å². The van der Waals surface area contributed by atoms with Gasteiger partial charge in [-0.3, -0.25) is 4.55 Å². The van der Waals surface area contributed by atoms with Gasteiger partial charge in [0.1, 0.15) is 11.4 Å². The molecule has 0 aliphatic carbocycles. The highest BCUT2D eigenvalue weighted by molar-refractivity contribution is 7.85. The number of para-hydroxylation sites is 4. The molecule has 10 heteroatoms. The van der Waals surface area contributed by atoms with E-state index < -0.39 is 10.1 Å². The van der Waals surface area contributed by atoms with Crippen LogP contribution in [0.1, 0.15) is 6.42 Å². The molecule has 2 heterocycles. The smallest absolute Gasteiger partial charge is 0.265 e. The molecule has 9 nitrogen and oxygen atoms in total. The summed E-state index contributed by atoms with van der Waals surface area (Å²) in [4.78, 5) is 8.95. The number of hydrogen-bond acceptors (Lipinski definition) is 7. The van der Waals surface area contributed by atoms with Gasteiger partial charge in [-0.25, -0.2) is 4.99 Å². The molecule has 0 fully saturated rings. The van der Waals surface area contributed by atoms with Crippen molar-refractivity contribution < 1.29 is 23.2 Å². The van der Waals surface area contributed by atoms with Gasteiger partial charge in [-0.1, -0.05) is 24.3 Å². The van der Waals surface area contributed by atoms with Crippen LogP contribution in [0.3, 0.4) is 0 Å². The van der Waals surface area contributed by atoms with Crippen LogP contribution in [0.15, 0.2) is 65.7 Å². The van der Waals surface area contributed by atoms with Crippen LogP contribution in [-0.4, -0.2) is 61.8 Å². The van der Waals surface area contributed by atoms with Gasteiger partial charge in [-0.15, -0.1) is 0 Å². The lowest BCUT2D eigenvalue weighted by atomic mass is 10.1. The summed E-state index contributed by atoms with van der Waals surface area (Å²) in [6.45, 7) is 1.03. The molecule has 0 saturated carbocycles. The summed E-state index contributed by atoms with van der Waals surface area (Å²) in [6, 6.07) is 19.5. The highest BCUT2D eigenvalue weighted by atomic mass is 32.2. The first-order chi connectivity index (χ1) is 16.9. The second kappa shape index (κ2) is 9.38. The molecule has 0 radical (unpaired) electrons. The number of rotatable bonds is 8. The van der Waals surface area contributed by atoms with Crippen molar-refractivity contribution in [2.75, 3.05) is 48.4 Å². The summed E-state index contributed by atoms with van der Waals surface area (Å²) in [5.41, 5.74) is 5.16. The molecule has 0 aromatic heterocycles. The number of fused-ring (bicyclic) bond motifs is 4. The lowest BCUT2D eigenvalue weighted by Gasteiger charge is -2.31. The van der Waals surface area contributed by atoms with Crippen LogP contribution in [0.2, 0.25) is 0 Å². The van der Waals surface area contributed by atoms with Crippen LogP contribution >= 0.6 is 0 Å². The van der Waals surface area contributed by atoms with E-state index in [1.54, 1.807) is 0 Å². The maximum atomic E-state index is 11.4. The van der Waals surface area contributed by atoms with Crippen LogP contribution in [0.4, 0.5) is 34.1 Å². The summed E-state index contributed by atoms with van der Waals surface area (Å²) in [5, 5.41) is 21.2. The third-order valence-corrected chi connectivity index (χ3v) is 7.06. The van der Waals surface area contributed by atoms with E-state index in [1.165, 1.54) is 0 Å². The normalized spacial score (nSPS) is 14.1. The SMILES string of the molecule is O=S(=O)(O)CCC[N+]1=c2cc3c(cc2N(CCO)c2ccccc21)=Nc1ccccc1N3CCO. The zero-order valence-corrected chi connectivity index (χ0v) is 19.9. The van der Waals surface area contributed by atoms with Crippen molar-refractivity contribution in [1.29, 1.82) is 0 Å². The molecule has 0 unspecified atom stereocenters. The predicted molar refractivity (Wildman–Crippen MR) is 135 cm³/mol. The fourth-order valence-corrected chi connectivity index (χ4v) is 5.34. The van der Waals surface area contributed by atoms with E-state index in [0.717, 1.165) is 44.8 Å². The van der Waals surface area contributed by atoms with Crippen molar-refractivity contribution >= 4 is 44.2 Å². The van der Waals surface area contributed by atoms with Gasteiger partial charge in [0.25, 0.3) is 10.1 Å². The summed E-state index contributed by atoms with van der Waals surface area (Å²) in [7, 11) is -4.08. The lowest BCUT2D eigenvalue weighted by Crippen LogP contribution is -2.42. The van der Waals surface area contributed by atoms with Crippen LogP contribution in [0.25, 0.3) is 0 Å². The quantitative estimate of drug-likeness (QED) is 0.321. The van der Waals surface area contributed by atoms with Crippen LogP contribution < -0.4 is 25.1 Å². The molecule has 5 rings (SSSR count). The lowest BCUT2D eigenvalue weighted by molar-refractivity contribution is 0.305. The average Bonchev–Trinajstić information content (AvgIpc) is 2.84. The minimum Gasteiger partial charge on any atom is -0.395 e. The van der Waals surface area contributed by atoms with Crippen LogP contribution in [0.5, 0.6) is 0 Å². The number of hydrogen-bond donors (Lipinski definition) is 3. The summed E-state index contributed by atoms with van der Waals surface area (Å²) >= 11 is 0. The molecular formula is C25H27N4O5S+. The van der Waals surface area contributed by atoms with E-state index in [2.05, 4.69) is 0 Å². The van der Waals surface area contributed by atoms with Crippen molar-refractivity contribution in [2.45, 2.75) is 6.42 Å². The number of nitrogens with zero attached hydrogens (tertiary/aromatic N) is 4. The van der Waals surface area contributed by atoms with E-state index in [0.29, 0.717) is 19.6 Å². The van der Waals surface area contributed by atoms with Gasteiger partial charge in [-0.2, -0.15) is 13.0 Å². The second-order valence-electron chi connectivity index (χ2n) is 8.46. The first-order valence-corrected chi connectivity index (χ1v) is 13.1. The molecule has 0 amide bonds. The molecule has 0 saturated heterocycles. The minimum atomic E-state index is -4.08. The van der Waals surface area contributed by atoms with Gasteiger partial charge in [0, 0.05) is 31.6 Å². The average molecular weight is 496 g/mol. The Labute approximate surface area is 203 Å². The molecule has 0 spiro atoms. The highest BCUT2D eigenvalue weighted by Crippen LogP contribution is 2.38. The maximum absolute atomic E-state index is 11.4. The fraction of sp³-hybridized carbons (Fsp3) is 0.280. The summed E-state index contributed by atoms with van der Waals surface area (Å²) < 4.78 is 34.1. The molecule has 3 aromatic carbocycles. The Morgan fingerprint density at radius 2 is 1.49 bits per heavy atom. The third kappa shape index (κ3) is 4.41. The van der Waals surface area contributed by atoms with E-state index in [1.807, 2.05) is 75.0 Å². The fourth-order valence-electron chi connectivity index (χ4n) is 4.85. The molecule has 182 valence electrons. The largest absolute Gasteiger partial charge is 0.395 e. The van der Waals surface area contributed by atoms with Gasteiger partial charge in [0.05, 0.1) is 41.4 Å². The Balaban J connectivity index is 1.78. The molecular weight excluding hydrogens is 468 g/mol. The predicted octanol–water partition coefficient (Wildman–Crippen LogP) is 1.63. The Kier molecular flexibility index (Phi) is 6.28. The Morgan fingerprint density at radius 1 is 0.829 bits per heavy atom. The van der Waals surface area contributed by atoms with Crippen molar-refractivity contribution in [2.24, 2.45) is 4.99 Å². The van der Waals surface area contributed by atoms with Gasteiger partial charge in [0.15, 0.2) is 6.54 Å². The van der Waals surface area contributed by atoms with Crippen LogP contribution in [-0.2, 0) is 10.1 Å². The number of aliphatic hydroxyl groups excluding tert-OH is 2. The Hall–Kier alpha value is -3.31. The Morgan fingerprint density at radius 3 is 2.20 bits per heavy atom. The first kappa shape index (κ1) is 23.4. The molecule has 0 bridgehead atoms. The molecule has 2 aliphatic heterocycles. The van der Waals surface area contributed by atoms with Crippen molar-refractivity contribution in [3.05, 3.63) is 71.4 Å². The van der Waals surface area contributed by atoms with Gasteiger partial charge in [0.2, 0.25) is 11.0 Å². The second-order valence-corrected chi connectivity index (χ2v) is 10.0. The van der Waals surface area contributed by atoms with Gasteiger partial charge >= 0.3 is 0 Å². The Bertz CT molecular complexity index is 1510. The molecule has 0 atom stereocenters. The third-order valence-electron chi connectivity index (χ3n) is 6.25. The van der Waals surface area contributed by atoms with E-state index in [4.69, 9.17) is 4.99 Å². The van der Waals surface area contributed by atoms with Crippen molar-refractivity contribution in [3.8, 4) is 0 Å². The number of benzene rings is 3. The van der Waals surface area contributed by atoms with E-state index in [9.17, 15) is 23.2 Å². The summed E-state index contributed by atoms with van der Waals surface area (Å²) in [6.07, 6.45) is 0.233. The standard InChI is InChI=1S/C25H26N4O5S/c30-13-11-28-20-7-2-1-6-18(20)26-19-16-24-25(17-23(19)28)27(10-5-15-35(32,33)34)21-8-3-4-9-22(21)29(24)12-14-31/h1-4,6-9,16-17,30-31H,5,10-15H2/p+1.